The van der Waals surface area contributed by atoms with Crippen LogP contribution >= 0.6 is 0 Å². The van der Waals surface area contributed by atoms with E-state index in [0.717, 1.165) is 70.6 Å². The van der Waals surface area contributed by atoms with E-state index < -0.39 is 12.1 Å². The van der Waals surface area contributed by atoms with E-state index >= 15 is 0 Å². The molecule has 0 aliphatic rings. The summed E-state index contributed by atoms with van der Waals surface area (Å²) in [5.74, 6) is -0.0973. The highest BCUT2D eigenvalue weighted by Gasteiger charge is 2.18. The standard InChI is InChI=1S/C59H111NO5/c1-3-5-7-9-11-13-15-17-19-21-25-29-33-37-41-45-49-53-59(64)65-54-50-46-42-38-34-30-26-22-24-28-32-36-40-44-48-52-58(63)60-56(55-61)57(62)51-47-43-39-35-31-27-23-20-18-16-14-12-10-8-6-4-2/h17,19,26,30,47,51,56-57,61-62H,3-16,18,20-25,27-29,31-46,48-50,52-55H2,1-2H3,(H,60,63)/b19-17-,30-26-,51-47+. The van der Waals surface area contributed by atoms with Gasteiger partial charge in [-0.15, -0.1) is 0 Å². The molecule has 0 aromatic rings. The van der Waals surface area contributed by atoms with Crippen LogP contribution in [0.4, 0.5) is 0 Å². The summed E-state index contributed by atoms with van der Waals surface area (Å²) < 4.78 is 5.47. The molecular formula is C59H111NO5. The molecule has 6 nitrogen and oxygen atoms in total. The van der Waals surface area contributed by atoms with Gasteiger partial charge >= 0.3 is 5.97 Å². The Kier molecular flexibility index (Phi) is 53.1. The third kappa shape index (κ3) is 51.3. The van der Waals surface area contributed by atoms with E-state index in [2.05, 4.69) is 43.5 Å². The number of nitrogens with one attached hydrogen (secondary N) is 1. The summed E-state index contributed by atoms with van der Waals surface area (Å²) >= 11 is 0. The molecule has 0 aliphatic heterocycles. The number of aliphatic hydroxyl groups is 2. The van der Waals surface area contributed by atoms with E-state index in [4.69, 9.17) is 4.74 Å². The second-order valence-electron chi connectivity index (χ2n) is 19.6. The van der Waals surface area contributed by atoms with Gasteiger partial charge in [0.1, 0.15) is 0 Å². The number of carbonyl (C=O) groups is 2. The minimum Gasteiger partial charge on any atom is -0.466 e. The van der Waals surface area contributed by atoms with Crippen LogP contribution in [0.3, 0.4) is 0 Å². The van der Waals surface area contributed by atoms with E-state index in [1.807, 2.05) is 6.08 Å². The lowest BCUT2D eigenvalue weighted by Crippen LogP contribution is -2.45. The van der Waals surface area contributed by atoms with Crippen molar-refractivity contribution in [2.75, 3.05) is 13.2 Å². The molecule has 0 radical (unpaired) electrons. The van der Waals surface area contributed by atoms with E-state index in [1.165, 1.54) is 205 Å². The number of unbranched alkanes of at least 4 members (excludes halogenated alkanes) is 38. The van der Waals surface area contributed by atoms with Crippen molar-refractivity contribution in [1.29, 1.82) is 0 Å². The van der Waals surface area contributed by atoms with Crippen LogP contribution in [0, 0.1) is 0 Å². The highest BCUT2D eigenvalue weighted by atomic mass is 16.5. The summed E-state index contributed by atoms with van der Waals surface area (Å²) in [6, 6.07) is -0.640. The monoisotopic (exact) mass is 914 g/mol. The molecule has 6 heteroatoms. The number of hydrogen-bond donors (Lipinski definition) is 3. The normalized spacial score (nSPS) is 12.9. The molecule has 2 atom stereocenters. The van der Waals surface area contributed by atoms with Crippen LogP contribution in [0.15, 0.2) is 36.5 Å². The molecule has 1 amide bonds. The van der Waals surface area contributed by atoms with Crippen molar-refractivity contribution >= 4 is 11.9 Å². The number of rotatable bonds is 53. The lowest BCUT2D eigenvalue weighted by atomic mass is 10.0. The Morgan fingerprint density at radius 1 is 0.415 bits per heavy atom. The first-order valence-electron chi connectivity index (χ1n) is 28.8. The number of allylic oxidation sites excluding steroid dienone is 5. The van der Waals surface area contributed by atoms with Gasteiger partial charge in [0.15, 0.2) is 0 Å². The van der Waals surface area contributed by atoms with Crippen LogP contribution in [0.25, 0.3) is 0 Å². The highest BCUT2D eigenvalue weighted by molar-refractivity contribution is 5.76. The first-order valence-corrected chi connectivity index (χ1v) is 28.8. The van der Waals surface area contributed by atoms with Crippen molar-refractivity contribution in [1.82, 2.24) is 5.32 Å². The zero-order chi connectivity index (χ0) is 47.2. The second-order valence-corrected chi connectivity index (χ2v) is 19.6. The molecular weight excluding hydrogens is 803 g/mol. The van der Waals surface area contributed by atoms with Crippen LogP contribution in [-0.2, 0) is 14.3 Å². The smallest absolute Gasteiger partial charge is 0.305 e. The average molecular weight is 915 g/mol. The Balaban J connectivity index is 3.50. The summed E-state index contributed by atoms with van der Waals surface area (Å²) in [6.07, 6.45) is 67.3. The predicted molar refractivity (Wildman–Crippen MR) is 283 cm³/mol. The van der Waals surface area contributed by atoms with Crippen LogP contribution in [0.1, 0.15) is 303 Å². The SMILES string of the molecule is CCCCCCCC/C=C\CCCCCCCCCC(=O)OCCCCCC/C=C\CCCCCCCCCC(=O)NC(CO)C(O)/C=C/CCCCCCCCCCCCCCCC. The molecule has 3 N–H and O–H groups in total. The quantitative estimate of drug-likeness (QED) is 0.0321. The van der Waals surface area contributed by atoms with Crippen molar-refractivity contribution in [3.05, 3.63) is 36.5 Å². The fourth-order valence-corrected chi connectivity index (χ4v) is 8.68. The maximum absolute atomic E-state index is 12.5. The summed E-state index contributed by atoms with van der Waals surface area (Å²) in [5.41, 5.74) is 0. The minimum atomic E-state index is -0.855. The first-order chi connectivity index (χ1) is 32.0. The molecule has 0 fully saturated rings. The zero-order valence-electron chi connectivity index (χ0n) is 43.5. The number of carbonyl (C=O) groups excluding carboxylic acids is 2. The molecule has 0 aliphatic carbocycles. The molecule has 0 saturated carbocycles. The van der Waals surface area contributed by atoms with Crippen molar-refractivity contribution < 1.29 is 24.5 Å². The molecule has 0 saturated heterocycles. The van der Waals surface area contributed by atoms with Gasteiger partial charge in [0.2, 0.25) is 5.91 Å². The zero-order valence-corrected chi connectivity index (χ0v) is 43.5. The summed E-state index contributed by atoms with van der Waals surface area (Å²) in [6.45, 7) is 4.87. The Labute approximate surface area is 404 Å². The highest BCUT2D eigenvalue weighted by Crippen LogP contribution is 2.16. The van der Waals surface area contributed by atoms with Crippen molar-refractivity contribution in [3.63, 3.8) is 0 Å². The third-order valence-electron chi connectivity index (χ3n) is 13.1. The molecule has 65 heavy (non-hydrogen) atoms. The molecule has 0 rings (SSSR count). The molecule has 0 bridgehead atoms. The minimum absolute atomic E-state index is 0.0147. The Hall–Kier alpha value is -1.92. The molecule has 382 valence electrons. The fraction of sp³-hybridized carbons (Fsp3) is 0.864. The molecule has 2 unspecified atom stereocenters. The third-order valence-corrected chi connectivity index (χ3v) is 13.1. The van der Waals surface area contributed by atoms with Crippen molar-refractivity contribution in [2.24, 2.45) is 0 Å². The van der Waals surface area contributed by atoms with Crippen LogP contribution < -0.4 is 5.32 Å². The summed E-state index contributed by atoms with van der Waals surface area (Å²) in [7, 11) is 0. The number of hydrogen-bond acceptors (Lipinski definition) is 5. The van der Waals surface area contributed by atoms with E-state index in [9.17, 15) is 19.8 Å². The van der Waals surface area contributed by atoms with Crippen LogP contribution in [0.2, 0.25) is 0 Å². The summed E-state index contributed by atoms with van der Waals surface area (Å²) in [4.78, 5) is 24.5. The Morgan fingerprint density at radius 2 is 0.723 bits per heavy atom. The van der Waals surface area contributed by atoms with Gasteiger partial charge in [-0.25, -0.2) is 0 Å². The number of aliphatic hydroxyl groups excluding tert-OH is 2. The summed E-state index contributed by atoms with van der Waals surface area (Å²) in [5, 5.41) is 23.1. The van der Waals surface area contributed by atoms with Gasteiger partial charge in [0, 0.05) is 12.8 Å². The van der Waals surface area contributed by atoms with E-state index in [-0.39, 0.29) is 18.5 Å². The first kappa shape index (κ1) is 63.1. The molecule has 0 heterocycles. The van der Waals surface area contributed by atoms with E-state index in [0.29, 0.717) is 19.4 Å². The molecule has 0 spiro atoms. The van der Waals surface area contributed by atoms with Gasteiger partial charge < -0.3 is 20.3 Å². The van der Waals surface area contributed by atoms with Crippen LogP contribution in [-0.4, -0.2) is 47.4 Å². The van der Waals surface area contributed by atoms with Gasteiger partial charge in [-0.05, 0) is 83.5 Å². The lowest BCUT2D eigenvalue weighted by molar-refractivity contribution is -0.143. The van der Waals surface area contributed by atoms with Gasteiger partial charge in [-0.1, -0.05) is 243 Å². The lowest BCUT2D eigenvalue weighted by Gasteiger charge is -2.20. The number of amides is 1. The Morgan fingerprint density at radius 3 is 1.09 bits per heavy atom. The molecule has 0 aromatic heterocycles. The van der Waals surface area contributed by atoms with Crippen molar-refractivity contribution in [2.45, 2.75) is 315 Å². The number of ether oxygens (including phenoxy) is 1. The van der Waals surface area contributed by atoms with Gasteiger partial charge in [-0.3, -0.25) is 9.59 Å². The maximum atomic E-state index is 12.5. The van der Waals surface area contributed by atoms with E-state index in [1.54, 1.807) is 6.08 Å². The van der Waals surface area contributed by atoms with Crippen LogP contribution in [0.5, 0.6) is 0 Å². The average Bonchev–Trinajstić information content (AvgIpc) is 3.31. The Bertz CT molecular complexity index is 1060. The number of esters is 1. The predicted octanol–water partition coefficient (Wildman–Crippen LogP) is 17.6. The van der Waals surface area contributed by atoms with Gasteiger partial charge in [0.25, 0.3) is 0 Å². The largest absolute Gasteiger partial charge is 0.466 e. The van der Waals surface area contributed by atoms with Gasteiger partial charge in [0.05, 0.1) is 25.4 Å². The van der Waals surface area contributed by atoms with Crippen molar-refractivity contribution in [3.8, 4) is 0 Å². The topological polar surface area (TPSA) is 95.9 Å². The second kappa shape index (κ2) is 54.7. The molecule has 0 aromatic carbocycles. The van der Waals surface area contributed by atoms with Gasteiger partial charge in [-0.2, -0.15) is 0 Å². The maximum Gasteiger partial charge on any atom is 0.305 e. The fourth-order valence-electron chi connectivity index (χ4n) is 8.68.